The minimum absolute atomic E-state index is 0.0490. The van der Waals surface area contributed by atoms with Crippen molar-refractivity contribution >= 4 is 11.6 Å². The van der Waals surface area contributed by atoms with Gasteiger partial charge in [-0.3, -0.25) is 19.4 Å². The van der Waals surface area contributed by atoms with Crippen LogP contribution in [0.4, 0.5) is 0 Å². The average molecular weight is 357 g/mol. The van der Waals surface area contributed by atoms with Crippen LogP contribution >= 0.6 is 0 Å². The summed E-state index contributed by atoms with van der Waals surface area (Å²) in [6.07, 6.45) is 4.01. The first-order valence-electron chi connectivity index (χ1n) is 10.1. The van der Waals surface area contributed by atoms with E-state index in [-0.39, 0.29) is 11.7 Å². The van der Waals surface area contributed by atoms with E-state index in [0.29, 0.717) is 30.8 Å². The number of carbonyl (C=O) groups is 2. The van der Waals surface area contributed by atoms with E-state index in [4.69, 9.17) is 0 Å². The lowest BCUT2D eigenvalue weighted by molar-refractivity contribution is -0.120. The second-order valence-electron chi connectivity index (χ2n) is 8.18. The van der Waals surface area contributed by atoms with Gasteiger partial charge < -0.3 is 0 Å². The lowest BCUT2D eigenvalue weighted by atomic mass is 9.98. The SMILES string of the molecule is CCC(=O)CN1C[C@@H]2C[C@H]1CN2CCCc1cccc(C(=O)C(C)C)c1. The van der Waals surface area contributed by atoms with Crippen molar-refractivity contribution in [3.63, 3.8) is 0 Å². The Bertz CT molecular complexity index is 655. The molecule has 0 amide bonds. The van der Waals surface area contributed by atoms with E-state index < -0.39 is 0 Å². The highest BCUT2D eigenvalue weighted by Crippen LogP contribution is 2.30. The number of Topliss-reactive ketones (excluding diaryl/α,β-unsaturated/α-hetero) is 2. The van der Waals surface area contributed by atoms with Crippen LogP contribution in [0.2, 0.25) is 0 Å². The van der Waals surface area contributed by atoms with Crippen molar-refractivity contribution in [2.24, 2.45) is 5.92 Å². The number of benzene rings is 1. The van der Waals surface area contributed by atoms with Crippen LogP contribution < -0.4 is 0 Å². The largest absolute Gasteiger partial charge is 0.298 e. The van der Waals surface area contributed by atoms with Crippen LogP contribution in [-0.2, 0) is 11.2 Å². The Labute approximate surface area is 157 Å². The van der Waals surface area contributed by atoms with Gasteiger partial charge in [0.15, 0.2) is 5.78 Å². The highest BCUT2D eigenvalue weighted by atomic mass is 16.1. The predicted molar refractivity (Wildman–Crippen MR) is 105 cm³/mol. The Balaban J connectivity index is 1.45. The monoisotopic (exact) mass is 356 g/mol. The van der Waals surface area contributed by atoms with Crippen LogP contribution in [0.15, 0.2) is 24.3 Å². The minimum atomic E-state index is 0.0490. The Kier molecular flexibility index (Phi) is 6.25. The van der Waals surface area contributed by atoms with Crippen LogP contribution in [0, 0.1) is 5.92 Å². The van der Waals surface area contributed by atoms with Crippen molar-refractivity contribution < 1.29 is 9.59 Å². The standard InChI is InChI=1S/C22H32N2O2/c1-4-21(25)15-24-14-19-12-20(24)13-23(19)10-6-8-17-7-5-9-18(11-17)22(26)16(2)3/h5,7,9,11,16,19-20H,4,6,8,10,12-15H2,1-3H3/t19-,20-/m0/s1. The molecule has 2 saturated heterocycles. The maximum Gasteiger partial charge on any atom is 0.165 e. The van der Waals surface area contributed by atoms with Gasteiger partial charge in [0.1, 0.15) is 5.78 Å². The van der Waals surface area contributed by atoms with Gasteiger partial charge in [-0.25, -0.2) is 0 Å². The highest BCUT2D eigenvalue weighted by molar-refractivity contribution is 5.97. The lowest BCUT2D eigenvalue weighted by Gasteiger charge is -2.33. The van der Waals surface area contributed by atoms with E-state index in [9.17, 15) is 9.59 Å². The van der Waals surface area contributed by atoms with Gasteiger partial charge in [0.25, 0.3) is 0 Å². The molecule has 0 aliphatic carbocycles. The first-order valence-corrected chi connectivity index (χ1v) is 10.1. The van der Waals surface area contributed by atoms with Crippen molar-refractivity contribution in [1.82, 2.24) is 9.80 Å². The minimum Gasteiger partial charge on any atom is -0.298 e. The maximum atomic E-state index is 12.2. The van der Waals surface area contributed by atoms with Gasteiger partial charge in [0.05, 0.1) is 6.54 Å². The van der Waals surface area contributed by atoms with Crippen LogP contribution in [0.3, 0.4) is 0 Å². The number of likely N-dealkylation sites (tertiary alicyclic amines) is 2. The van der Waals surface area contributed by atoms with Crippen LogP contribution in [-0.4, -0.2) is 59.6 Å². The third-order valence-corrected chi connectivity index (χ3v) is 5.89. The number of nitrogens with zero attached hydrogens (tertiary/aromatic N) is 2. The molecule has 26 heavy (non-hydrogen) atoms. The summed E-state index contributed by atoms with van der Waals surface area (Å²) in [6.45, 7) is 9.76. The first kappa shape index (κ1) is 19.2. The molecule has 2 fully saturated rings. The number of ketones is 2. The molecule has 0 radical (unpaired) electrons. The van der Waals surface area contributed by atoms with Gasteiger partial charge >= 0.3 is 0 Å². The molecule has 0 N–H and O–H groups in total. The molecule has 0 aromatic heterocycles. The molecule has 0 unspecified atom stereocenters. The topological polar surface area (TPSA) is 40.6 Å². The third-order valence-electron chi connectivity index (χ3n) is 5.89. The van der Waals surface area contributed by atoms with Gasteiger partial charge in [-0.2, -0.15) is 0 Å². The summed E-state index contributed by atoms with van der Waals surface area (Å²) in [4.78, 5) is 28.8. The number of fused-ring (bicyclic) bond motifs is 2. The predicted octanol–water partition coefficient (Wildman–Crippen LogP) is 3.20. The molecule has 0 saturated carbocycles. The van der Waals surface area contributed by atoms with E-state index in [0.717, 1.165) is 38.0 Å². The molecule has 2 heterocycles. The molecular formula is C22H32N2O2. The van der Waals surface area contributed by atoms with Crippen molar-refractivity contribution in [1.29, 1.82) is 0 Å². The fourth-order valence-corrected chi connectivity index (χ4v) is 4.34. The van der Waals surface area contributed by atoms with Gasteiger partial charge in [-0.05, 0) is 37.4 Å². The highest BCUT2D eigenvalue weighted by Gasteiger charge is 2.42. The fraction of sp³-hybridized carbons (Fsp3) is 0.636. The summed E-state index contributed by atoms with van der Waals surface area (Å²) < 4.78 is 0. The zero-order valence-electron chi connectivity index (χ0n) is 16.4. The van der Waals surface area contributed by atoms with E-state index in [1.165, 1.54) is 12.0 Å². The zero-order chi connectivity index (χ0) is 18.7. The summed E-state index contributed by atoms with van der Waals surface area (Å²) in [5.41, 5.74) is 2.10. The van der Waals surface area contributed by atoms with Crippen molar-refractivity contribution in [3.05, 3.63) is 35.4 Å². The molecule has 2 aliphatic rings. The first-order chi connectivity index (χ1) is 12.5. The zero-order valence-corrected chi connectivity index (χ0v) is 16.4. The molecule has 0 spiro atoms. The van der Waals surface area contributed by atoms with E-state index in [2.05, 4.69) is 21.9 Å². The summed E-state index contributed by atoms with van der Waals surface area (Å²) in [5.74, 6) is 0.637. The third kappa shape index (κ3) is 4.41. The Morgan fingerprint density at radius 2 is 1.88 bits per heavy atom. The fourth-order valence-electron chi connectivity index (χ4n) is 4.34. The quantitative estimate of drug-likeness (QED) is 0.637. The number of carbonyl (C=O) groups excluding carboxylic acids is 2. The van der Waals surface area contributed by atoms with E-state index in [1.807, 2.05) is 32.9 Å². The van der Waals surface area contributed by atoms with Gasteiger partial charge in [0, 0.05) is 43.1 Å². The second-order valence-corrected chi connectivity index (χ2v) is 8.18. The second kappa shape index (κ2) is 8.45. The number of piperazine rings is 1. The molecule has 4 heteroatoms. The number of hydrogen-bond donors (Lipinski definition) is 0. The van der Waals surface area contributed by atoms with E-state index >= 15 is 0 Å². The smallest absolute Gasteiger partial charge is 0.165 e. The molecule has 2 aliphatic heterocycles. The lowest BCUT2D eigenvalue weighted by Crippen LogP contribution is -2.48. The van der Waals surface area contributed by atoms with Crippen molar-refractivity contribution in [2.75, 3.05) is 26.2 Å². The molecule has 4 nitrogen and oxygen atoms in total. The average Bonchev–Trinajstić information content (AvgIpc) is 3.21. The molecule has 2 atom stereocenters. The summed E-state index contributed by atoms with van der Waals surface area (Å²) in [6, 6.07) is 9.33. The maximum absolute atomic E-state index is 12.2. The normalized spacial score (nSPS) is 23.1. The Morgan fingerprint density at radius 1 is 1.15 bits per heavy atom. The summed E-state index contributed by atoms with van der Waals surface area (Å²) in [7, 11) is 0. The number of rotatable bonds is 9. The van der Waals surface area contributed by atoms with E-state index in [1.54, 1.807) is 0 Å². The van der Waals surface area contributed by atoms with Crippen molar-refractivity contribution in [3.8, 4) is 0 Å². The molecule has 142 valence electrons. The molecule has 2 bridgehead atoms. The van der Waals surface area contributed by atoms with Gasteiger partial charge in [-0.15, -0.1) is 0 Å². The van der Waals surface area contributed by atoms with Crippen LogP contribution in [0.25, 0.3) is 0 Å². The van der Waals surface area contributed by atoms with Crippen LogP contribution in [0.1, 0.15) is 56.0 Å². The molecule has 1 aromatic rings. The summed E-state index contributed by atoms with van der Waals surface area (Å²) >= 11 is 0. The summed E-state index contributed by atoms with van der Waals surface area (Å²) in [5, 5.41) is 0. The molecule has 1 aromatic carbocycles. The van der Waals surface area contributed by atoms with Gasteiger partial charge in [-0.1, -0.05) is 39.0 Å². The Hall–Kier alpha value is -1.52. The van der Waals surface area contributed by atoms with Gasteiger partial charge in [0.2, 0.25) is 0 Å². The molecule has 3 rings (SSSR count). The number of hydrogen-bond acceptors (Lipinski definition) is 4. The van der Waals surface area contributed by atoms with Crippen molar-refractivity contribution in [2.45, 2.75) is 58.5 Å². The molecular weight excluding hydrogens is 324 g/mol. The van der Waals surface area contributed by atoms with Crippen LogP contribution in [0.5, 0.6) is 0 Å². The Morgan fingerprint density at radius 3 is 2.54 bits per heavy atom. The number of aryl methyl sites for hydroxylation is 1.